The Morgan fingerprint density at radius 2 is 1.30 bits per heavy atom. The Hall–Kier alpha value is -3.53. The number of fused-ring (bicyclic) bond motifs is 5. The maximum Gasteiger partial charge on any atom is 0.424 e. The summed E-state index contributed by atoms with van der Waals surface area (Å²) in [6.07, 6.45) is 21.8. The minimum Gasteiger partial charge on any atom is -0.409 e. The first-order valence-electron chi connectivity index (χ1n) is 21.8. The molecule has 4 heterocycles. The number of hydrogen-bond donors (Lipinski definition) is 0. The van der Waals surface area contributed by atoms with E-state index in [9.17, 15) is 0 Å². The van der Waals surface area contributed by atoms with E-state index in [2.05, 4.69) is 81.1 Å². The van der Waals surface area contributed by atoms with Gasteiger partial charge in [0.2, 0.25) is 6.71 Å². The van der Waals surface area contributed by atoms with Crippen LogP contribution in [0.25, 0.3) is 10.8 Å². The molecule has 0 aromatic heterocycles. The van der Waals surface area contributed by atoms with Crippen LogP contribution >= 0.6 is 0 Å². The number of ether oxygens (including phenoxy) is 1. The lowest BCUT2D eigenvalue weighted by atomic mass is 9.25. The molecule has 272 valence electrons. The number of carbonyl (C=O) groups is 1. The fourth-order valence-corrected chi connectivity index (χ4v) is 13.9. The zero-order chi connectivity index (χ0) is 35.9. The summed E-state index contributed by atoms with van der Waals surface area (Å²) in [7, 11) is 0. The van der Waals surface area contributed by atoms with Crippen LogP contribution in [0.15, 0.2) is 48.5 Å². The highest BCUT2D eigenvalue weighted by Gasteiger charge is 2.58. The van der Waals surface area contributed by atoms with Crippen molar-refractivity contribution in [1.29, 1.82) is 0 Å². The van der Waals surface area contributed by atoms with Crippen molar-refractivity contribution in [2.24, 2.45) is 0 Å². The molecule has 0 radical (unpaired) electrons. The molecular formula is C49H56BNO2. The average molecular weight is 702 g/mol. The molecule has 4 heteroatoms. The molecular weight excluding hydrogens is 645 g/mol. The number of hydrogen-bond acceptors (Lipinski definition) is 2. The highest BCUT2D eigenvalue weighted by Crippen LogP contribution is 2.59. The minimum absolute atomic E-state index is 0.0109. The Morgan fingerprint density at radius 1 is 0.717 bits per heavy atom. The van der Waals surface area contributed by atoms with Crippen molar-refractivity contribution in [3.63, 3.8) is 0 Å². The highest BCUT2D eigenvalue weighted by molar-refractivity contribution is 7.00. The zero-order valence-corrected chi connectivity index (χ0v) is 32.7. The zero-order valence-electron chi connectivity index (χ0n) is 32.7. The van der Waals surface area contributed by atoms with Crippen LogP contribution < -0.4 is 26.0 Å². The number of rotatable bonds is 5. The van der Waals surface area contributed by atoms with Crippen LogP contribution in [-0.2, 0) is 21.7 Å². The molecule has 4 aromatic carbocycles. The van der Waals surface area contributed by atoms with Gasteiger partial charge in [0.1, 0.15) is 5.75 Å². The third-order valence-corrected chi connectivity index (χ3v) is 16.6. The van der Waals surface area contributed by atoms with Gasteiger partial charge in [-0.15, -0.1) is 0 Å². The summed E-state index contributed by atoms with van der Waals surface area (Å²) < 4.78 is 6.87. The standard InChI is InChI=1S/C49H56BNO2/c1-5-22-46(3,6-2)37-30-35(47(4)23-10-7-11-24-47)31-29-36-42-43-39(31)44(37)53-45(52)51(43)38-21-17-20-34-41(38)50(42)40-32(48(34)25-12-8-13-26-48)18-16-19-33(40)49(36)27-14-9-15-28-49/h16-21,29-30H,5-15,22-28H2,1-4H3. The van der Waals surface area contributed by atoms with Crippen molar-refractivity contribution >= 4 is 51.3 Å². The average Bonchev–Trinajstić information content (AvgIpc) is 3.19. The van der Waals surface area contributed by atoms with E-state index in [4.69, 9.17) is 4.74 Å². The van der Waals surface area contributed by atoms with Gasteiger partial charge in [-0.2, -0.15) is 0 Å². The molecule has 2 spiro atoms. The van der Waals surface area contributed by atoms with Gasteiger partial charge in [0, 0.05) is 27.5 Å². The maximum atomic E-state index is 15.1. The van der Waals surface area contributed by atoms with Crippen molar-refractivity contribution in [3.05, 3.63) is 81.9 Å². The minimum atomic E-state index is -0.202. The fraction of sp³-hybridized carbons (Fsp3) is 0.531. The van der Waals surface area contributed by atoms with Gasteiger partial charge in [-0.25, -0.2) is 9.69 Å². The van der Waals surface area contributed by atoms with E-state index in [0.717, 1.165) is 30.7 Å². The molecule has 0 N–H and O–H groups in total. The number of anilines is 2. The van der Waals surface area contributed by atoms with Crippen molar-refractivity contribution in [3.8, 4) is 5.75 Å². The molecule has 3 aliphatic carbocycles. The second-order valence-corrected chi connectivity index (χ2v) is 19.1. The van der Waals surface area contributed by atoms with Crippen LogP contribution in [0.3, 0.4) is 0 Å². The first-order valence-corrected chi connectivity index (χ1v) is 21.8. The van der Waals surface area contributed by atoms with Crippen LogP contribution in [0.4, 0.5) is 16.2 Å². The molecule has 1 amide bonds. The van der Waals surface area contributed by atoms with E-state index in [-0.39, 0.29) is 34.5 Å². The van der Waals surface area contributed by atoms with Crippen LogP contribution in [0.2, 0.25) is 0 Å². The molecule has 4 aromatic rings. The lowest BCUT2D eigenvalue weighted by Crippen LogP contribution is -2.71. The summed E-state index contributed by atoms with van der Waals surface area (Å²) >= 11 is 0. The van der Waals surface area contributed by atoms with Gasteiger partial charge in [-0.05, 0) is 112 Å². The van der Waals surface area contributed by atoms with E-state index < -0.39 is 0 Å². The van der Waals surface area contributed by atoms with Gasteiger partial charge in [-0.3, -0.25) is 0 Å². The normalized spacial score (nSPS) is 23.3. The van der Waals surface area contributed by atoms with Crippen molar-refractivity contribution in [2.75, 3.05) is 4.90 Å². The van der Waals surface area contributed by atoms with Gasteiger partial charge >= 0.3 is 6.09 Å². The molecule has 3 saturated carbocycles. The van der Waals surface area contributed by atoms with Gasteiger partial charge in [0.05, 0.1) is 5.69 Å². The predicted molar refractivity (Wildman–Crippen MR) is 220 cm³/mol. The Kier molecular flexibility index (Phi) is 6.99. The van der Waals surface area contributed by atoms with Crippen molar-refractivity contribution in [1.82, 2.24) is 0 Å². The monoisotopic (exact) mass is 701 g/mol. The van der Waals surface area contributed by atoms with Crippen molar-refractivity contribution in [2.45, 2.75) is 165 Å². The second kappa shape index (κ2) is 11.3. The third kappa shape index (κ3) is 4.02. The fourth-order valence-electron chi connectivity index (χ4n) is 13.9. The molecule has 7 aliphatic rings. The van der Waals surface area contributed by atoms with E-state index in [1.54, 1.807) is 22.2 Å². The number of amides is 1. The van der Waals surface area contributed by atoms with Crippen LogP contribution in [0.1, 0.15) is 177 Å². The number of nitrogens with zero attached hydrogens (tertiary/aromatic N) is 1. The van der Waals surface area contributed by atoms with Crippen molar-refractivity contribution < 1.29 is 9.53 Å². The summed E-state index contributed by atoms with van der Waals surface area (Å²) in [6, 6.07) is 19.8. The first-order chi connectivity index (χ1) is 25.8. The summed E-state index contributed by atoms with van der Waals surface area (Å²) in [6.45, 7) is 9.82. The van der Waals surface area contributed by atoms with Crippen LogP contribution in [0, 0.1) is 0 Å². The smallest absolute Gasteiger partial charge is 0.409 e. The molecule has 3 nitrogen and oxygen atoms in total. The topological polar surface area (TPSA) is 29.5 Å². The molecule has 53 heavy (non-hydrogen) atoms. The van der Waals surface area contributed by atoms with E-state index in [0.29, 0.717) is 0 Å². The molecule has 0 saturated heterocycles. The van der Waals surface area contributed by atoms with E-state index in [1.807, 2.05) is 0 Å². The SMILES string of the molecule is CCCC(C)(CC)c1cc(C2(C)CCCCC2)c2cc3c4c5c2c1OC(=O)N5c1cccc2c1B4c1c(cccc1C31CCCCC1)C21CCCCC1. The number of benzene rings is 4. The van der Waals surface area contributed by atoms with Gasteiger partial charge in [-0.1, -0.05) is 140 Å². The summed E-state index contributed by atoms with van der Waals surface area (Å²) in [4.78, 5) is 17.2. The lowest BCUT2D eigenvalue weighted by Gasteiger charge is -2.55. The van der Waals surface area contributed by atoms with E-state index >= 15 is 4.79 Å². The molecule has 1 atom stereocenters. The molecule has 4 aliphatic heterocycles. The highest BCUT2D eigenvalue weighted by atomic mass is 16.6. The van der Waals surface area contributed by atoms with E-state index in [1.165, 1.54) is 140 Å². The van der Waals surface area contributed by atoms with Crippen LogP contribution in [0.5, 0.6) is 5.75 Å². The van der Waals surface area contributed by atoms with Gasteiger partial charge in [0.15, 0.2) is 0 Å². The quantitative estimate of drug-likeness (QED) is 0.194. The molecule has 1 unspecified atom stereocenters. The van der Waals surface area contributed by atoms with Gasteiger partial charge < -0.3 is 4.74 Å². The lowest BCUT2D eigenvalue weighted by molar-refractivity contribution is 0.208. The summed E-state index contributed by atoms with van der Waals surface area (Å²) in [5, 5.41) is 2.61. The summed E-state index contributed by atoms with van der Waals surface area (Å²) in [5.41, 5.74) is 15.8. The Morgan fingerprint density at radius 3 is 1.92 bits per heavy atom. The Balaban J connectivity index is 1.34. The Bertz CT molecular complexity index is 2230. The second-order valence-electron chi connectivity index (χ2n) is 19.1. The van der Waals surface area contributed by atoms with Gasteiger partial charge in [0.25, 0.3) is 0 Å². The molecule has 3 fully saturated rings. The molecule has 11 rings (SSSR count). The first kappa shape index (κ1) is 32.9. The Labute approximate surface area is 317 Å². The largest absolute Gasteiger partial charge is 0.424 e. The molecule has 0 bridgehead atoms. The summed E-state index contributed by atoms with van der Waals surface area (Å²) in [5.74, 6) is 0.871. The predicted octanol–water partition coefficient (Wildman–Crippen LogP) is 11.1. The maximum absolute atomic E-state index is 15.1. The number of carbonyl (C=O) groups excluding carboxylic acids is 1. The van der Waals surface area contributed by atoms with Crippen LogP contribution in [-0.4, -0.2) is 12.8 Å². The third-order valence-electron chi connectivity index (χ3n) is 16.6.